The van der Waals surface area contributed by atoms with E-state index in [1.165, 1.54) is 0 Å². The van der Waals surface area contributed by atoms with Crippen molar-refractivity contribution < 1.29 is 22.8 Å². The van der Waals surface area contributed by atoms with E-state index in [0.29, 0.717) is 18.8 Å². The van der Waals surface area contributed by atoms with Crippen molar-refractivity contribution in [1.29, 1.82) is 0 Å². The lowest BCUT2D eigenvalue weighted by molar-refractivity contribution is -0.137. The van der Waals surface area contributed by atoms with Gasteiger partial charge in [-0.05, 0) is 18.9 Å². The van der Waals surface area contributed by atoms with Crippen LogP contribution in [-0.2, 0) is 15.8 Å². The van der Waals surface area contributed by atoms with Crippen molar-refractivity contribution in [1.82, 2.24) is 15.2 Å². The van der Waals surface area contributed by atoms with Crippen LogP contribution in [0.3, 0.4) is 0 Å². The highest BCUT2D eigenvalue weighted by Gasteiger charge is 2.41. The van der Waals surface area contributed by atoms with Crippen molar-refractivity contribution in [2.45, 2.75) is 31.5 Å². The van der Waals surface area contributed by atoms with Gasteiger partial charge in [0.1, 0.15) is 5.82 Å². The van der Waals surface area contributed by atoms with Crippen LogP contribution in [0, 0.1) is 5.92 Å². The van der Waals surface area contributed by atoms with Gasteiger partial charge < -0.3 is 15.5 Å². The third-order valence-electron chi connectivity index (χ3n) is 4.40. The first kappa shape index (κ1) is 18.8. The summed E-state index contributed by atoms with van der Waals surface area (Å²) in [7, 11) is 0. The van der Waals surface area contributed by atoms with E-state index in [1.807, 2.05) is 0 Å². The second kappa shape index (κ2) is 7.30. The molecule has 1 aliphatic heterocycles. The lowest BCUT2D eigenvalue weighted by Crippen LogP contribution is -2.36. The molecule has 1 aromatic rings. The molecule has 1 aliphatic carbocycles. The lowest BCUT2D eigenvalue weighted by Gasteiger charge is -2.15. The summed E-state index contributed by atoms with van der Waals surface area (Å²) in [6.07, 6.45) is -1.57. The number of likely N-dealkylation sites (tertiary alicyclic amines) is 1. The molecule has 2 heterocycles. The summed E-state index contributed by atoms with van der Waals surface area (Å²) in [5.74, 6) is -0.415. The molecular weight excluding hydrogens is 373 g/mol. The molecule has 1 saturated heterocycles. The number of halogens is 4. The minimum Gasteiger partial charge on any atom is -0.367 e. The molecule has 1 saturated carbocycles. The third-order valence-corrected chi connectivity index (χ3v) is 4.69. The van der Waals surface area contributed by atoms with Crippen LogP contribution in [0.25, 0.3) is 0 Å². The second-order valence-electron chi connectivity index (χ2n) is 6.45. The SMILES string of the molecule is O=C(NCCNc1ncc(C(F)(F)F)cc1Cl)[C@@H]1CC(=O)N(C2CC2)C1. The molecule has 1 aromatic heterocycles. The maximum Gasteiger partial charge on any atom is 0.417 e. The summed E-state index contributed by atoms with van der Waals surface area (Å²) in [6, 6.07) is 1.10. The molecule has 2 N–H and O–H groups in total. The van der Waals surface area contributed by atoms with E-state index < -0.39 is 11.7 Å². The van der Waals surface area contributed by atoms with Gasteiger partial charge in [-0.2, -0.15) is 13.2 Å². The number of nitrogens with one attached hydrogen (secondary N) is 2. The van der Waals surface area contributed by atoms with Gasteiger partial charge in [0, 0.05) is 38.3 Å². The number of hydrogen-bond acceptors (Lipinski definition) is 4. The van der Waals surface area contributed by atoms with Crippen LogP contribution in [0.5, 0.6) is 0 Å². The molecular formula is C16H18ClF3N4O2. The Hall–Kier alpha value is -2.03. The minimum absolute atomic E-state index is 0.0199. The van der Waals surface area contributed by atoms with E-state index in [-0.39, 0.29) is 48.1 Å². The zero-order chi connectivity index (χ0) is 18.9. The van der Waals surface area contributed by atoms with Crippen LogP contribution in [0.1, 0.15) is 24.8 Å². The maximum absolute atomic E-state index is 12.6. The topological polar surface area (TPSA) is 74.3 Å². The third kappa shape index (κ3) is 4.38. The number of carbonyl (C=O) groups is 2. The average molecular weight is 391 g/mol. The molecule has 26 heavy (non-hydrogen) atoms. The fourth-order valence-electron chi connectivity index (χ4n) is 2.88. The maximum atomic E-state index is 12.6. The number of alkyl halides is 3. The molecule has 3 rings (SSSR count). The van der Waals surface area contributed by atoms with E-state index in [2.05, 4.69) is 15.6 Å². The number of amides is 2. The minimum atomic E-state index is -4.50. The van der Waals surface area contributed by atoms with Gasteiger partial charge >= 0.3 is 6.18 Å². The summed E-state index contributed by atoms with van der Waals surface area (Å²) in [6.45, 7) is 0.942. The van der Waals surface area contributed by atoms with Crippen molar-refractivity contribution >= 4 is 29.2 Å². The predicted octanol–water partition coefficient (Wildman–Crippen LogP) is 2.29. The van der Waals surface area contributed by atoms with E-state index >= 15 is 0 Å². The largest absolute Gasteiger partial charge is 0.417 e. The first-order chi connectivity index (χ1) is 12.3. The number of anilines is 1. The Morgan fingerprint density at radius 2 is 2.08 bits per heavy atom. The molecule has 2 aliphatic rings. The van der Waals surface area contributed by atoms with Crippen LogP contribution in [-0.4, -0.2) is 47.4 Å². The Morgan fingerprint density at radius 1 is 1.35 bits per heavy atom. The number of rotatable bonds is 6. The number of aromatic nitrogens is 1. The summed E-state index contributed by atoms with van der Waals surface area (Å²) in [5, 5.41) is 5.35. The van der Waals surface area contributed by atoms with Crippen LogP contribution in [0.15, 0.2) is 12.3 Å². The average Bonchev–Trinajstić information content (AvgIpc) is 3.33. The molecule has 2 fully saturated rings. The van der Waals surface area contributed by atoms with Crippen LogP contribution in [0.4, 0.5) is 19.0 Å². The van der Waals surface area contributed by atoms with Crippen molar-refractivity contribution in [3.63, 3.8) is 0 Å². The first-order valence-electron chi connectivity index (χ1n) is 8.29. The highest BCUT2D eigenvalue weighted by atomic mass is 35.5. The van der Waals surface area contributed by atoms with Gasteiger partial charge in [-0.15, -0.1) is 0 Å². The molecule has 1 atom stereocenters. The Bertz CT molecular complexity index is 709. The monoisotopic (exact) mass is 390 g/mol. The molecule has 0 aromatic carbocycles. The fraction of sp³-hybridized carbons (Fsp3) is 0.562. The van der Waals surface area contributed by atoms with Gasteiger partial charge in [0.2, 0.25) is 11.8 Å². The molecule has 6 nitrogen and oxygen atoms in total. The molecule has 0 radical (unpaired) electrons. The Labute approximate surface area is 153 Å². The summed E-state index contributed by atoms with van der Waals surface area (Å²) in [5.41, 5.74) is -0.924. The molecule has 0 spiro atoms. The first-order valence-corrected chi connectivity index (χ1v) is 8.67. The Balaban J connectivity index is 1.43. The fourth-order valence-corrected chi connectivity index (χ4v) is 3.11. The summed E-state index contributed by atoms with van der Waals surface area (Å²) in [4.78, 5) is 29.4. The normalized spacial score (nSPS) is 20.4. The van der Waals surface area contributed by atoms with Crippen molar-refractivity contribution in [2.75, 3.05) is 25.0 Å². The predicted molar refractivity (Wildman–Crippen MR) is 88.6 cm³/mol. The molecule has 0 unspecified atom stereocenters. The Morgan fingerprint density at radius 3 is 2.69 bits per heavy atom. The van der Waals surface area contributed by atoms with E-state index in [0.717, 1.165) is 18.9 Å². The van der Waals surface area contributed by atoms with Gasteiger partial charge in [0.25, 0.3) is 0 Å². The lowest BCUT2D eigenvalue weighted by atomic mass is 10.1. The number of carbonyl (C=O) groups excluding carboxylic acids is 2. The second-order valence-corrected chi connectivity index (χ2v) is 6.86. The molecule has 2 amide bonds. The number of pyridine rings is 1. The standard InChI is InChI=1S/C16H18ClF3N4O2/c17-12-6-10(16(18,19)20)7-23-14(12)21-3-4-22-15(26)9-5-13(25)24(8-9)11-1-2-11/h6-7,9,11H,1-5,8H2,(H,21,23)(H,22,26)/t9-/m1/s1. The molecule has 0 bridgehead atoms. The quantitative estimate of drug-likeness (QED) is 0.731. The number of nitrogens with zero attached hydrogens (tertiary/aromatic N) is 2. The summed E-state index contributed by atoms with van der Waals surface area (Å²) < 4.78 is 37.7. The highest BCUT2D eigenvalue weighted by Crippen LogP contribution is 2.33. The van der Waals surface area contributed by atoms with Gasteiger partial charge in [-0.25, -0.2) is 4.98 Å². The number of hydrogen-bond donors (Lipinski definition) is 2. The molecule has 10 heteroatoms. The van der Waals surface area contributed by atoms with Gasteiger partial charge in [0.15, 0.2) is 0 Å². The van der Waals surface area contributed by atoms with E-state index in [9.17, 15) is 22.8 Å². The van der Waals surface area contributed by atoms with Crippen LogP contribution < -0.4 is 10.6 Å². The van der Waals surface area contributed by atoms with Crippen molar-refractivity contribution in [3.8, 4) is 0 Å². The van der Waals surface area contributed by atoms with Crippen LogP contribution in [0.2, 0.25) is 5.02 Å². The van der Waals surface area contributed by atoms with Crippen molar-refractivity contribution in [2.24, 2.45) is 5.92 Å². The van der Waals surface area contributed by atoms with Crippen LogP contribution >= 0.6 is 11.6 Å². The highest BCUT2D eigenvalue weighted by molar-refractivity contribution is 6.32. The summed E-state index contributed by atoms with van der Waals surface area (Å²) >= 11 is 5.79. The van der Waals surface area contributed by atoms with E-state index in [4.69, 9.17) is 11.6 Å². The smallest absolute Gasteiger partial charge is 0.367 e. The molecule has 142 valence electrons. The Kier molecular flexibility index (Phi) is 5.27. The van der Waals surface area contributed by atoms with Gasteiger partial charge in [0.05, 0.1) is 16.5 Å². The van der Waals surface area contributed by atoms with Gasteiger partial charge in [-0.3, -0.25) is 9.59 Å². The van der Waals surface area contributed by atoms with E-state index in [1.54, 1.807) is 4.90 Å². The van der Waals surface area contributed by atoms with Gasteiger partial charge in [-0.1, -0.05) is 11.6 Å². The zero-order valence-electron chi connectivity index (χ0n) is 13.8. The zero-order valence-corrected chi connectivity index (χ0v) is 14.5. The van der Waals surface area contributed by atoms with Crippen molar-refractivity contribution in [3.05, 3.63) is 22.8 Å².